The third-order valence-electron chi connectivity index (χ3n) is 4.45. The third kappa shape index (κ3) is 2.39. The summed E-state index contributed by atoms with van der Waals surface area (Å²) in [6, 6.07) is -0.715. The summed E-state index contributed by atoms with van der Waals surface area (Å²) in [5, 5.41) is 9.59. The monoisotopic (exact) mass is 299 g/mol. The Kier molecular flexibility index (Phi) is 4.72. The zero-order chi connectivity index (χ0) is 15.1. The lowest BCUT2D eigenvalue weighted by Crippen LogP contribution is -2.63. The highest BCUT2D eigenvalue weighted by atomic mass is 16.4. The minimum atomic E-state index is -1.38. The van der Waals surface area contributed by atoms with Crippen molar-refractivity contribution in [1.82, 2.24) is 16.0 Å². The van der Waals surface area contributed by atoms with Crippen molar-refractivity contribution in [1.29, 1.82) is 0 Å². The Morgan fingerprint density at radius 2 is 1.48 bits per heavy atom. The van der Waals surface area contributed by atoms with Crippen LogP contribution in [0.1, 0.15) is 32.1 Å². The number of imide groups is 2. The van der Waals surface area contributed by atoms with Crippen molar-refractivity contribution in [2.45, 2.75) is 32.1 Å². The van der Waals surface area contributed by atoms with E-state index in [1.807, 2.05) is 0 Å². The van der Waals surface area contributed by atoms with Crippen molar-refractivity contribution in [3.8, 4) is 0 Å². The third-order valence-corrected chi connectivity index (χ3v) is 4.45. The van der Waals surface area contributed by atoms with Crippen LogP contribution in [-0.2, 0) is 14.4 Å². The Hall–Kier alpha value is -1.96. The number of nitrogens with zero attached hydrogens (tertiary/aromatic N) is 2. The second kappa shape index (κ2) is 5.80. The number of aliphatic carboxylic acids is 1. The Morgan fingerprint density at radius 3 is 1.86 bits per heavy atom. The van der Waals surface area contributed by atoms with Crippen molar-refractivity contribution in [2.24, 2.45) is 11.3 Å². The van der Waals surface area contributed by atoms with Gasteiger partial charge < -0.3 is 11.3 Å². The topological polar surface area (TPSA) is 130 Å². The van der Waals surface area contributed by atoms with Crippen LogP contribution < -0.4 is 6.15 Å². The maximum Gasteiger partial charge on any atom is 0.332 e. The van der Waals surface area contributed by atoms with Gasteiger partial charge in [-0.05, 0) is 12.8 Å². The first-order valence-corrected chi connectivity index (χ1v) is 6.65. The number of urea groups is 1. The van der Waals surface area contributed by atoms with Gasteiger partial charge in [0.25, 0.3) is 0 Å². The molecule has 0 unspecified atom stereocenters. The summed E-state index contributed by atoms with van der Waals surface area (Å²) >= 11 is 0. The molecular formula is C13H21N3O5. The normalized spacial score (nSPS) is 23.0. The van der Waals surface area contributed by atoms with E-state index in [2.05, 4.69) is 0 Å². The van der Waals surface area contributed by atoms with E-state index in [0.29, 0.717) is 25.7 Å². The van der Waals surface area contributed by atoms with Crippen LogP contribution in [0, 0.1) is 11.3 Å². The molecule has 1 aliphatic heterocycles. The molecule has 1 heterocycles. The van der Waals surface area contributed by atoms with Crippen LogP contribution in [0.25, 0.3) is 0 Å². The van der Waals surface area contributed by atoms with E-state index in [-0.39, 0.29) is 6.15 Å². The molecule has 0 radical (unpaired) electrons. The number of carbonyl (C=O) groups excluding carboxylic acids is 3. The van der Waals surface area contributed by atoms with Crippen LogP contribution in [0.3, 0.4) is 0 Å². The molecule has 2 rings (SSSR count). The van der Waals surface area contributed by atoms with Gasteiger partial charge in [-0.15, -0.1) is 0 Å². The number of carboxylic acid groups (broad SMARTS) is 1. The summed E-state index contributed by atoms with van der Waals surface area (Å²) in [6.45, 7) is 0. The molecule has 4 amide bonds. The van der Waals surface area contributed by atoms with E-state index in [1.54, 1.807) is 0 Å². The number of carbonyl (C=O) groups is 4. The average molecular weight is 299 g/mol. The fourth-order valence-electron chi connectivity index (χ4n) is 3.19. The molecule has 8 nitrogen and oxygen atoms in total. The number of rotatable bonds is 2. The Bertz CT molecular complexity index is 460. The van der Waals surface area contributed by atoms with Gasteiger partial charge in [-0.25, -0.2) is 4.79 Å². The molecule has 0 aromatic carbocycles. The molecule has 1 saturated carbocycles. The highest BCUT2D eigenvalue weighted by Gasteiger charge is 2.58. The summed E-state index contributed by atoms with van der Waals surface area (Å²) in [6.07, 6.45) is 2.82. The van der Waals surface area contributed by atoms with E-state index >= 15 is 0 Å². The maximum absolute atomic E-state index is 12.3. The molecule has 118 valence electrons. The predicted octanol–water partition coefficient (Wildman–Crippen LogP) is 0.850. The fraction of sp³-hybridized carbons (Fsp3) is 0.692. The highest BCUT2D eigenvalue weighted by molar-refractivity contribution is 6.17. The number of hydrogen-bond donors (Lipinski definition) is 2. The van der Waals surface area contributed by atoms with Gasteiger partial charge in [-0.2, -0.15) is 0 Å². The molecule has 0 aromatic heterocycles. The highest BCUT2D eigenvalue weighted by Crippen LogP contribution is 2.45. The molecule has 1 aliphatic carbocycles. The lowest BCUT2D eigenvalue weighted by atomic mass is 9.64. The van der Waals surface area contributed by atoms with Gasteiger partial charge in [0.2, 0.25) is 11.8 Å². The van der Waals surface area contributed by atoms with Crippen LogP contribution in [0.15, 0.2) is 0 Å². The Balaban J connectivity index is 0.00000220. The molecule has 0 bridgehead atoms. The van der Waals surface area contributed by atoms with Gasteiger partial charge in [0.15, 0.2) is 0 Å². The van der Waals surface area contributed by atoms with Gasteiger partial charge in [0.05, 0.1) is 5.41 Å². The van der Waals surface area contributed by atoms with Crippen molar-refractivity contribution < 1.29 is 24.3 Å². The molecule has 8 heteroatoms. The largest absolute Gasteiger partial charge is 0.481 e. The average Bonchev–Trinajstić information content (AvgIpc) is 2.44. The number of barbiturate groups is 1. The van der Waals surface area contributed by atoms with Crippen LogP contribution in [0.5, 0.6) is 0 Å². The Morgan fingerprint density at radius 1 is 1.05 bits per heavy atom. The lowest BCUT2D eigenvalue weighted by Gasteiger charge is -2.43. The van der Waals surface area contributed by atoms with Crippen molar-refractivity contribution in [3.05, 3.63) is 0 Å². The Labute approximate surface area is 122 Å². The standard InChI is InChI=1S/C13H18N2O5.H3N/c1-14-9(16)8(10(17)15(2)12(14)20)13(11(18)19)6-4-3-5-7-13;/h8H,3-7H2,1-2H3,(H,18,19);1H3. The second-order valence-corrected chi connectivity index (χ2v) is 5.53. The van der Waals surface area contributed by atoms with Gasteiger partial charge in [0.1, 0.15) is 5.92 Å². The predicted molar refractivity (Wildman–Crippen MR) is 72.6 cm³/mol. The van der Waals surface area contributed by atoms with E-state index in [9.17, 15) is 24.3 Å². The molecule has 0 spiro atoms. The van der Waals surface area contributed by atoms with E-state index in [4.69, 9.17) is 0 Å². The van der Waals surface area contributed by atoms with E-state index in [0.717, 1.165) is 16.2 Å². The quantitative estimate of drug-likeness (QED) is 0.727. The van der Waals surface area contributed by atoms with E-state index in [1.165, 1.54) is 14.1 Å². The number of hydrogen-bond acceptors (Lipinski definition) is 5. The van der Waals surface area contributed by atoms with Crippen LogP contribution >= 0.6 is 0 Å². The molecule has 0 atom stereocenters. The number of amides is 4. The molecule has 21 heavy (non-hydrogen) atoms. The van der Waals surface area contributed by atoms with Crippen molar-refractivity contribution in [2.75, 3.05) is 14.1 Å². The van der Waals surface area contributed by atoms with Gasteiger partial charge >= 0.3 is 12.0 Å². The fourth-order valence-corrected chi connectivity index (χ4v) is 3.19. The maximum atomic E-state index is 12.3. The van der Waals surface area contributed by atoms with Crippen LogP contribution in [0.2, 0.25) is 0 Å². The van der Waals surface area contributed by atoms with Crippen LogP contribution in [0.4, 0.5) is 4.79 Å². The first-order valence-electron chi connectivity index (χ1n) is 6.65. The minimum absolute atomic E-state index is 0. The SMILES string of the molecule is CN1C(=O)C(C2(C(=O)O)CCCCC2)C(=O)N(C)C1=O.N. The minimum Gasteiger partial charge on any atom is -0.481 e. The van der Waals surface area contributed by atoms with Gasteiger partial charge in [0, 0.05) is 14.1 Å². The molecule has 2 aliphatic rings. The smallest absolute Gasteiger partial charge is 0.332 e. The lowest BCUT2D eigenvalue weighted by molar-refractivity contribution is -0.170. The zero-order valence-corrected chi connectivity index (χ0v) is 12.3. The van der Waals surface area contributed by atoms with Gasteiger partial charge in [-0.3, -0.25) is 24.2 Å². The summed E-state index contributed by atoms with van der Waals surface area (Å²) in [4.78, 5) is 49.7. The first-order chi connectivity index (χ1) is 9.33. The summed E-state index contributed by atoms with van der Waals surface area (Å²) in [7, 11) is 2.55. The zero-order valence-electron chi connectivity index (χ0n) is 12.3. The molecule has 1 saturated heterocycles. The summed E-state index contributed by atoms with van der Waals surface area (Å²) in [5.41, 5.74) is -1.38. The summed E-state index contributed by atoms with van der Waals surface area (Å²) < 4.78 is 0. The first kappa shape index (κ1) is 17.1. The molecule has 2 fully saturated rings. The van der Waals surface area contributed by atoms with Crippen molar-refractivity contribution in [3.63, 3.8) is 0 Å². The van der Waals surface area contributed by atoms with E-state index < -0.39 is 35.1 Å². The number of carboxylic acids is 1. The van der Waals surface area contributed by atoms with Crippen LogP contribution in [-0.4, -0.2) is 52.8 Å². The molecule has 4 N–H and O–H groups in total. The van der Waals surface area contributed by atoms with Gasteiger partial charge in [-0.1, -0.05) is 19.3 Å². The molecular weight excluding hydrogens is 278 g/mol. The summed E-state index contributed by atoms with van der Waals surface area (Å²) in [5.74, 6) is -3.84. The van der Waals surface area contributed by atoms with Crippen molar-refractivity contribution >= 4 is 23.8 Å². The molecule has 0 aromatic rings. The second-order valence-electron chi connectivity index (χ2n) is 5.53.